The summed E-state index contributed by atoms with van der Waals surface area (Å²) in [4.78, 5) is 2.43. The molecule has 4 aromatic carbocycles. The standard InChI is InChI=1S/C45H38N2O/c1-5-14-31(26-30(3)47-41-21-11-8-17-35(41)38-18-12-13-24-45(38,47)4)32-27-37-36-25-29(2)22-23-43(36)48-44(37)42(28-32)46-39-19-9-6-15-33(39)34-16-7-10-20-40(34)46/h5-24,26-29,38H,3,25H2,1-2,4H3/b14-5-,31-26+. The fourth-order valence-corrected chi connectivity index (χ4v) is 8.44. The highest BCUT2D eigenvalue weighted by Gasteiger charge is 2.46. The summed E-state index contributed by atoms with van der Waals surface area (Å²) in [5.41, 5.74) is 11.1. The van der Waals surface area contributed by atoms with Crippen LogP contribution in [0.5, 0.6) is 0 Å². The molecule has 2 aromatic heterocycles. The van der Waals surface area contributed by atoms with Crippen LogP contribution in [0.25, 0.3) is 50.1 Å². The van der Waals surface area contributed by atoms with Gasteiger partial charge in [0.15, 0.2) is 5.58 Å². The summed E-state index contributed by atoms with van der Waals surface area (Å²) >= 11 is 0. The van der Waals surface area contributed by atoms with Crippen molar-refractivity contribution in [1.29, 1.82) is 0 Å². The van der Waals surface area contributed by atoms with E-state index >= 15 is 0 Å². The number of rotatable bonds is 5. The van der Waals surface area contributed by atoms with Crippen LogP contribution in [-0.2, 0) is 6.42 Å². The molecule has 2 aliphatic carbocycles. The van der Waals surface area contributed by atoms with Crippen molar-refractivity contribution in [2.75, 3.05) is 4.90 Å². The average molecular weight is 623 g/mol. The minimum Gasteiger partial charge on any atom is -0.454 e. The Labute approximate surface area is 281 Å². The van der Waals surface area contributed by atoms with Gasteiger partial charge in [-0.3, -0.25) is 0 Å². The predicted octanol–water partition coefficient (Wildman–Crippen LogP) is 11.7. The van der Waals surface area contributed by atoms with Crippen molar-refractivity contribution in [3.05, 3.63) is 168 Å². The molecule has 0 radical (unpaired) electrons. The largest absolute Gasteiger partial charge is 0.454 e. The van der Waals surface area contributed by atoms with Gasteiger partial charge in [-0.15, -0.1) is 0 Å². The smallest absolute Gasteiger partial charge is 0.159 e. The second kappa shape index (κ2) is 10.7. The average Bonchev–Trinajstić information content (AvgIpc) is 3.73. The molecule has 234 valence electrons. The number of anilines is 1. The molecule has 3 heterocycles. The zero-order valence-electron chi connectivity index (χ0n) is 27.7. The maximum Gasteiger partial charge on any atom is 0.159 e. The monoisotopic (exact) mass is 622 g/mol. The quantitative estimate of drug-likeness (QED) is 0.178. The Morgan fingerprint density at radius 1 is 0.875 bits per heavy atom. The van der Waals surface area contributed by atoms with Gasteiger partial charge in [0.1, 0.15) is 5.76 Å². The lowest BCUT2D eigenvalue weighted by molar-refractivity contribution is 0.532. The van der Waals surface area contributed by atoms with Crippen molar-refractivity contribution in [1.82, 2.24) is 4.57 Å². The second-order valence-electron chi connectivity index (χ2n) is 13.7. The third-order valence-electron chi connectivity index (χ3n) is 10.6. The van der Waals surface area contributed by atoms with Gasteiger partial charge in [-0.2, -0.15) is 0 Å². The van der Waals surface area contributed by atoms with Crippen molar-refractivity contribution in [2.45, 2.75) is 38.6 Å². The Morgan fingerprint density at radius 2 is 1.60 bits per heavy atom. The van der Waals surface area contributed by atoms with Gasteiger partial charge in [0.25, 0.3) is 0 Å². The molecule has 3 heteroatoms. The van der Waals surface area contributed by atoms with Crippen molar-refractivity contribution in [3.8, 4) is 5.69 Å². The maximum atomic E-state index is 6.78. The van der Waals surface area contributed by atoms with E-state index in [1.807, 2.05) is 0 Å². The zero-order chi connectivity index (χ0) is 32.6. The van der Waals surface area contributed by atoms with Crippen LogP contribution in [0.1, 0.15) is 49.1 Å². The Hall–Kier alpha value is -5.54. The summed E-state index contributed by atoms with van der Waals surface area (Å²) in [6.07, 6.45) is 21.0. The third-order valence-corrected chi connectivity index (χ3v) is 10.6. The van der Waals surface area contributed by atoms with E-state index in [0.717, 1.165) is 40.3 Å². The summed E-state index contributed by atoms with van der Waals surface area (Å²) in [6, 6.07) is 30.8. The van der Waals surface area contributed by atoms with Gasteiger partial charge in [-0.1, -0.05) is 111 Å². The molecule has 0 fully saturated rings. The first-order valence-corrected chi connectivity index (χ1v) is 17.0. The number of furan rings is 1. The number of hydrogen-bond acceptors (Lipinski definition) is 2. The number of benzene rings is 4. The number of fused-ring (bicyclic) bond motifs is 9. The molecule has 0 N–H and O–H groups in total. The molecule has 3 atom stereocenters. The number of nitrogens with zero attached hydrogens (tertiary/aromatic N) is 2. The van der Waals surface area contributed by atoms with E-state index in [1.165, 1.54) is 44.0 Å². The first-order chi connectivity index (χ1) is 23.5. The number of hydrogen-bond donors (Lipinski definition) is 0. The Kier molecular flexibility index (Phi) is 6.42. The molecule has 6 aromatic rings. The first kappa shape index (κ1) is 28.7. The van der Waals surface area contributed by atoms with E-state index in [9.17, 15) is 0 Å². The van der Waals surface area contributed by atoms with Crippen LogP contribution in [-0.4, -0.2) is 10.1 Å². The molecule has 0 spiro atoms. The van der Waals surface area contributed by atoms with Gasteiger partial charge in [-0.05, 0) is 85.4 Å². The Morgan fingerprint density at radius 3 is 2.38 bits per heavy atom. The van der Waals surface area contributed by atoms with Crippen LogP contribution >= 0.6 is 0 Å². The molecule has 1 aliphatic heterocycles. The first-order valence-electron chi connectivity index (χ1n) is 17.0. The van der Waals surface area contributed by atoms with E-state index in [0.29, 0.717) is 5.92 Å². The van der Waals surface area contributed by atoms with E-state index in [1.54, 1.807) is 0 Å². The molecular weight excluding hydrogens is 585 g/mol. The van der Waals surface area contributed by atoms with E-state index in [4.69, 9.17) is 11.0 Å². The summed E-state index contributed by atoms with van der Waals surface area (Å²) in [5, 5.41) is 3.65. The topological polar surface area (TPSA) is 21.3 Å². The van der Waals surface area contributed by atoms with Crippen LogP contribution in [0.2, 0.25) is 0 Å². The van der Waals surface area contributed by atoms with Crippen LogP contribution < -0.4 is 4.90 Å². The van der Waals surface area contributed by atoms with Crippen LogP contribution in [0.4, 0.5) is 5.69 Å². The van der Waals surface area contributed by atoms with Crippen molar-refractivity contribution in [3.63, 3.8) is 0 Å². The van der Waals surface area contributed by atoms with Gasteiger partial charge in [0, 0.05) is 39.0 Å². The molecule has 3 unspecified atom stereocenters. The summed E-state index contributed by atoms with van der Waals surface area (Å²) < 4.78 is 9.17. The summed E-state index contributed by atoms with van der Waals surface area (Å²) in [6.45, 7) is 11.4. The summed E-state index contributed by atoms with van der Waals surface area (Å²) in [7, 11) is 0. The second-order valence-corrected chi connectivity index (χ2v) is 13.7. The van der Waals surface area contributed by atoms with Crippen molar-refractivity contribution in [2.24, 2.45) is 5.92 Å². The van der Waals surface area contributed by atoms with E-state index in [-0.39, 0.29) is 11.5 Å². The van der Waals surface area contributed by atoms with Gasteiger partial charge in [0.05, 0.1) is 22.3 Å². The minimum absolute atomic E-state index is 0.239. The molecule has 3 aliphatic rings. The van der Waals surface area contributed by atoms with Crippen LogP contribution in [0.15, 0.2) is 150 Å². The van der Waals surface area contributed by atoms with E-state index < -0.39 is 0 Å². The number of para-hydroxylation sites is 3. The lowest BCUT2D eigenvalue weighted by Crippen LogP contribution is -2.43. The maximum absolute atomic E-state index is 6.78. The third kappa shape index (κ3) is 4.13. The van der Waals surface area contributed by atoms with Gasteiger partial charge >= 0.3 is 0 Å². The highest BCUT2D eigenvalue weighted by atomic mass is 16.3. The molecule has 0 bridgehead atoms. The van der Waals surface area contributed by atoms with Crippen LogP contribution in [0, 0.1) is 5.92 Å². The molecule has 0 amide bonds. The summed E-state index contributed by atoms with van der Waals surface area (Å²) in [5.74, 6) is 1.68. The lowest BCUT2D eigenvalue weighted by atomic mass is 9.80. The SMILES string of the molecule is C=C(/C=C(\C=C/C)c1cc(-n2c3ccccc3c3ccccc32)c2oc3c(c2c1)CC(C)C=C3)N1c2ccccc2C2C=CC=CC21C. The lowest BCUT2D eigenvalue weighted by Gasteiger charge is -2.39. The molecular formula is C45H38N2O. The van der Waals surface area contributed by atoms with Gasteiger partial charge in [0.2, 0.25) is 0 Å². The molecule has 48 heavy (non-hydrogen) atoms. The number of aromatic nitrogens is 1. The molecule has 0 saturated carbocycles. The fourth-order valence-electron chi connectivity index (χ4n) is 8.44. The van der Waals surface area contributed by atoms with Crippen LogP contribution in [0.3, 0.4) is 0 Å². The highest BCUT2D eigenvalue weighted by molar-refractivity contribution is 6.10. The highest BCUT2D eigenvalue weighted by Crippen LogP contribution is 2.52. The normalized spacial score (nSPS) is 21.5. The minimum atomic E-state index is -0.239. The molecule has 9 rings (SSSR count). The number of allylic oxidation sites excluding steroid dienone is 7. The molecule has 3 nitrogen and oxygen atoms in total. The Balaban J connectivity index is 1.29. The van der Waals surface area contributed by atoms with Crippen molar-refractivity contribution < 1.29 is 4.42 Å². The van der Waals surface area contributed by atoms with Crippen molar-refractivity contribution >= 4 is 50.1 Å². The predicted molar refractivity (Wildman–Crippen MR) is 203 cm³/mol. The molecule has 0 saturated heterocycles. The Bertz CT molecular complexity index is 2400. The fraction of sp³-hybridized carbons (Fsp3) is 0.156. The van der Waals surface area contributed by atoms with Gasteiger partial charge in [-0.25, -0.2) is 0 Å². The van der Waals surface area contributed by atoms with E-state index in [2.05, 4.69) is 170 Å². The zero-order valence-corrected chi connectivity index (χ0v) is 27.7. The van der Waals surface area contributed by atoms with Gasteiger partial charge < -0.3 is 13.9 Å².